The summed E-state index contributed by atoms with van der Waals surface area (Å²) in [5.74, 6) is -0.0253. The van der Waals surface area contributed by atoms with Crippen LogP contribution in [0.3, 0.4) is 0 Å². The van der Waals surface area contributed by atoms with Crippen molar-refractivity contribution in [3.8, 4) is 5.75 Å². The number of carboxylic acid groups (broad SMARTS) is 1. The Hall–Kier alpha value is -2.11. The first-order valence-electron chi connectivity index (χ1n) is 8.72. The lowest BCUT2D eigenvalue weighted by molar-refractivity contribution is -0.137. The summed E-state index contributed by atoms with van der Waals surface area (Å²) in [4.78, 5) is 12.7. The van der Waals surface area contributed by atoms with Crippen LogP contribution in [0.1, 0.15) is 26.7 Å². The Morgan fingerprint density at radius 2 is 1.88 bits per heavy atom. The molecule has 5 heteroatoms. The van der Waals surface area contributed by atoms with Crippen molar-refractivity contribution in [2.75, 3.05) is 19.7 Å². The lowest BCUT2D eigenvalue weighted by Gasteiger charge is -2.28. The fourth-order valence-corrected chi connectivity index (χ4v) is 2.82. The number of rotatable bonds is 10. The molecule has 0 saturated heterocycles. The summed E-state index contributed by atoms with van der Waals surface area (Å²) in [5.41, 5.74) is 0. The van der Waals surface area contributed by atoms with Crippen LogP contribution in [0.5, 0.6) is 5.75 Å². The third-order valence-corrected chi connectivity index (χ3v) is 4.19. The molecule has 136 valence electrons. The van der Waals surface area contributed by atoms with Crippen molar-refractivity contribution in [3.63, 3.8) is 0 Å². The van der Waals surface area contributed by atoms with Gasteiger partial charge in [0, 0.05) is 24.4 Å². The zero-order valence-corrected chi connectivity index (χ0v) is 14.9. The van der Waals surface area contributed by atoms with E-state index in [-0.39, 0.29) is 19.1 Å². The van der Waals surface area contributed by atoms with E-state index in [1.807, 2.05) is 56.3 Å². The predicted molar refractivity (Wildman–Crippen MR) is 99.0 cm³/mol. The summed E-state index contributed by atoms with van der Waals surface area (Å²) < 4.78 is 5.83. The number of aliphatic carboxylic acids is 1. The molecule has 0 radical (unpaired) electrons. The Bertz CT molecular complexity index is 681. The van der Waals surface area contributed by atoms with Crippen molar-refractivity contribution >= 4 is 16.7 Å². The first-order chi connectivity index (χ1) is 12.0. The van der Waals surface area contributed by atoms with Crippen LogP contribution in [0.4, 0.5) is 0 Å². The standard InChI is InChI=1S/C20H27NO4/c1-15(2)21(12-6-11-20(23)24)13-17(22)14-25-19-10-5-8-16-7-3-4-9-18(16)19/h3-5,7-10,15,17,22H,6,11-14H2,1-2H3,(H,23,24). The van der Waals surface area contributed by atoms with Gasteiger partial charge in [-0.3, -0.25) is 9.69 Å². The molecule has 2 aromatic carbocycles. The fourth-order valence-electron chi connectivity index (χ4n) is 2.82. The SMILES string of the molecule is CC(C)N(CCCC(=O)O)CC(O)COc1cccc2ccccc12. The van der Waals surface area contributed by atoms with Crippen molar-refractivity contribution in [3.05, 3.63) is 42.5 Å². The van der Waals surface area contributed by atoms with Gasteiger partial charge in [-0.1, -0.05) is 36.4 Å². The third kappa shape index (κ3) is 6.03. The number of hydrogen-bond donors (Lipinski definition) is 2. The molecule has 1 atom stereocenters. The van der Waals surface area contributed by atoms with E-state index in [0.717, 1.165) is 16.5 Å². The number of aliphatic hydroxyl groups is 1. The Morgan fingerprint density at radius 3 is 2.60 bits per heavy atom. The first-order valence-corrected chi connectivity index (χ1v) is 8.72. The monoisotopic (exact) mass is 345 g/mol. The minimum absolute atomic E-state index is 0.145. The van der Waals surface area contributed by atoms with Crippen LogP contribution in [-0.2, 0) is 4.79 Å². The van der Waals surface area contributed by atoms with Gasteiger partial charge in [0.1, 0.15) is 18.5 Å². The van der Waals surface area contributed by atoms with E-state index in [0.29, 0.717) is 19.5 Å². The van der Waals surface area contributed by atoms with Crippen LogP contribution in [0.25, 0.3) is 10.8 Å². The van der Waals surface area contributed by atoms with Crippen molar-refractivity contribution in [2.24, 2.45) is 0 Å². The number of carbonyl (C=O) groups is 1. The van der Waals surface area contributed by atoms with E-state index >= 15 is 0 Å². The predicted octanol–water partition coefficient (Wildman–Crippen LogP) is 3.15. The van der Waals surface area contributed by atoms with Gasteiger partial charge in [-0.15, -0.1) is 0 Å². The van der Waals surface area contributed by atoms with E-state index in [1.165, 1.54) is 0 Å². The van der Waals surface area contributed by atoms with E-state index in [9.17, 15) is 9.90 Å². The quantitative estimate of drug-likeness (QED) is 0.692. The molecule has 0 saturated carbocycles. The van der Waals surface area contributed by atoms with Gasteiger partial charge in [-0.25, -0.2) is 0 Å². The van der Waals surface area contributed by atoms with Gasteiger partial charge in [0.05, 0.1) is 0 Å². The third-order valence-electron chi connectivity index (χ3n) is 4.19. The Labute approximate surface area is 148 Å². The number of ether oxygens (including phenoxy) is 1. The van der Waals surface area contributed by atoms with E-state index in [1.54, 1.807) is 0 Å². The molecule has 0 aliphatic carbocycles. The summed E-state index contributed by atoms with van der Waals surface area (Å²) in [7, 11) is 0. The second-order valence-corrected chi connectivity index (χ2v) is 6.53. The van der Waals surface area contributed by atoms with Crippen LogP contribution >= 0.6 is 0 Å². The smallest absolute Gasteiger partial charge is 0.303 e. The molecule has 2 N–H and O–H groups in total. The Balaban J connectivity index is 1.89. The Morgan fingerprint density at radius 1 is 1.16 bits per heavy atom. The van der Waals surface area contributed by atoms with Crippen molar-refractivity contribution in [2.45, 2.75) is 38.8 Å². The molecule has 0 aromatic heterocycles. The van der Waals surface area contributed by atoms with E-state index in [2.05, 4.69) is 4.90 Å². The number of carboxylic acids is 1. The van der Waals surface area contributed by atoms with Crippen LogP contribution in [0.15, 0.2) is 42.5 Å². The molecule has 0 fully saturated rings. The van der Waals surface area contributed by atoms with Crippen molar-refractivity contribution < 1.29 is 19.7 Å². The average Bonchev–Trinajstić information content (AvgIpc) is 2.58. The maximum atomic E-state index is 10.7. The van der Waals surface area contributed by atoms with Gasteiger partial charge < -0.3 is 14.9 Å². The highest BCUT2D eigenvalue weighted by Crippen LogP contribution is 2.25. The molecule has 0 spiro atoms. The maximum absolute atomic E-state index is 10.7. The minimum Gasteiger partial charge on any atom is -0.490 e. The number of aliphatic hydroxyl groups excluding tert-OH is 1. The largest absolute Gasteiger partial charge is 0.490 e. The molecule has 1 unspecified atom stereocenters. The van der Waals surface area contributed by atoms with Crippen molar-refractivity contribution in [1.29, 1.82) is 0 Å². The molecule has 0 heterocycles. The molecule has 0 bridgehead atoms. The summed E-state index contributed by atoms with van der Waals surface area (Å²) in [6.07, 6.45) is 0.0853. The maximum Gasteiger partial charge on any atom is 0.303 e. The summed E-state index contributed by atoms with van der Waals surface area (Å²) >= 11 is 0. The van der Waals surface area contributed by atoms with Crippen LogP contribution in [0, 0.1) is 0 Å². The normalized spacial score (nSPS) is 12.7. The van der Waals surface area contributed by atoms with Crippen molar-refractivity contribution in [1.82, 2.24) is 4.90 Å². The van der Waals surface area contributed by atoms with Crippen LogP contribution in [-0.4, -0.2) is 52.9 Å². The minimum atomic E-state index is -0.788. The van der Waals surface area contributed by atoms with Gasteiger partial charge in [-0.2, -0.15) is 0 Å². The lowest BCUT2D eigenvalue weighted by Crippen LogP contribution is -2.40. The molecule has 0 aliphatic rings. The summed E-state index contributed by atoms with van der Waals surface area (Å²) in [6.45, 7) is 5.39. The van der Waals surface area contributed by atoms with Crippen LogP contribution in [0.2, 0.25) is 0 Å². The van der Waals surface area contributed by atoms with Crippen LogP contribution < -0.4 is 4.74 Å². The van der Waals surface area contributed by atoms with Gasteiger partial charge in [0.15, 0.2) is 0 Å². The zero-order valence-electron chi connectivity index (χ0n) is 14.9. The highest BCUT2D eigenvalue weighted by Gasteiger charge is 2.16. The average molecular weight is 345 g/mol. The van der Waals surface area contributed by atoms with E-state index in [4.69, 9.17) is 9.84 Å². The molecular formula is C20H27NO4. The molecule has 2 aromatic rings. The number of benzene rings is 2. The highest BCUT2D eigenvalue weighted by molar-refractivity contribution is 5.88. The summed E-state index contributed by atoms with van der Waals surface area (Å²) in [6, 6.07) is 14.1. The molecule has 5 nitrogen and oxygen atoms in total. The fraction of sp³-hybridized carbons (Fsp3) is 0.450. The molecule has 0 amide bonds. The molecule has 25 heavy (non-hydrogen) atoms. The first kappa shape index (κ1) is 19.2. The zero-order chi connectivity index (χ0) is 18.2. The molecule has 0 aliphatic heterocycles. The lowest BCUT2D eigenvalue weighted by atomic mass is 10.1. The second-order valence-electron chi connectivity index (χ2n) is 6.53. The van der Waals surface area contributed by atoms with E-state index < -0.39 is 12.1 Å². The highest BCUT2D eigenvalue weighted by atomic mass is 16.5. The number of fused-ring (bicyclic) bond motifs is 1. The van der Waals surface area contributed by atoms with Gasteiger partial charge >= 0.3 is 5.97 Å². The van der Waals surface area contributed by atoms with Gasteiger partial charge in [-0.05, 0) is 38.3 Å². The second kappa shape index (κ2) is 9.39. The Kier molecular flexibility index (Phi) is 7.22. The molecule has 2 rings (SSSR count). The summed E-state index contributed by atoms with van der Waals surface area (Å²) in [5, 5.41) is 21.2. The number of hydrogen-bond acceptors (Lipinski definition) is 4. The topological polar surface area (TPSA) is 70.0 Å². The van der Waals surface area contributed by atoms with Gasteiger partial charge in [0.25, 0.3) is 0 Å². The number of nitrogens with zero attached hydrogens (tertiary/aromatic N) is 1. The van der Waals surface area contributed by atoms with Gasteiger partial charge in [0.2, 0.25) is 0 Å². The molecular weight excluding hydrogens is 318 g/mol.